The third-order valence-electron chi connectivity index (χ3n) is 5.19. The summed E-state index contributed by atoms with van der Waals surface area (Å²) < 4.78 is 14.2. The van der Waals surface area contributed by atoms with Gasteiger partial charge in [0.25, 0.3) is 0 Å². The zero-order valence-electron chi connectivity index (χ0n) is 13.2. The second-order valence-electron chi connectivity index (χ2n) is 6.70. The summed E-state index contributed by atoms with van der Waals surface area (Å²) in [5, 5.41) is 0. The molecule has 21 heavy (non-hydrogen) atoms. The van der Waals surface area contributed by atoms with Crippen molar-refractivity contribution in [2.24, 2.45) is 11.7 Å². The average molecular weight is 357 g/mol. The largest absolute Gasteiger partial charge is 0.326 e. The zero-order chi connectivity index (χ0) is 15.6. The van der Waals surface area contributed by atoms with Crippen LogP contribution in [0.1, 0.15) is 38.2 Å². The van der Waals surface area contributed by atoms with E-state index >= 15 is 0 Å². The van der Waals surface area contributed by atoms with E-state index in [1.54, 1.807) is 6.07 Å². The highest BCUT2D eigenvalue weighted by molar-refractivity contribution is 9.10. The smallest absolute Gasteiger partial charge is 0.137 e. The van der Waals surface area contributed by atoms with Crippen molar-refractivity contribution in [1.82, 2.24) is 4.90 Å². The lowest BCUT2D eigenvalue weighted by molar-refractivity contribution is 0.0567. The van der Waals surface area contributed by atoms with E-state index in [-0.39, 0.29) is 17.4 Å². The topological polar surface area (TPSA) is 29.3 Å². The van der Waals surface area contributed by atoms with Crippen molar-refractivity contribution in [2.45, 2.75) is 50.6 Å². The molecule has 0 spiro atoms. The van der Waals surface area contributed by atoms with Crippen molar-refractivity contribution in [3.63, 3.8) is 0 Å². The molecular formula is C17H26BrFN2. The summed E-state index contributed by atoms with van der Waals surface area (Å²) in [6.45, 7) is 2.31. The van der Waals surface area contributed by atoms with Gasteiger partial charge in [0, 0.05) is 11.6 Å². The molecule has 0 amide bonds. The molecule has 118 valence electrons. The van der Waals surface area contributed by atoms with E-state index in [0.29, 0.717) is 10.9 Å². The van der Waals surface area contributed by atoms with Gasteiger partial charge in [0.2, 0.25) is 0 Å². The standard InChI is InChI=1S/C17H26BrFN2/c1-12-7-9-17(10-8-12,21(2)3)15(20)11-13-5-4-6-14(19)16(13)18/h4-6,12,15H,7-11,20H2,1-3H3. The summed E-state index contributed by atoms with van der Waals surface area (Å²) >= 11 is 3.35. The molecule has 1 aliphatic rings. The number of benzene rings is 1. The summed E-state index contributed by atoms with van der Waals surface area (Å²) in [6, 6.07) is 5.20. The van der Waals surface area contributed by atoms with E-state index < -0.39 is 0 Å². The molecule has 2 nitrogen and oxygen atoms in total. The summed E-state index contributed by atoms with van der Waals surface area (Å²) in [5.41, 5.74) is 7.58. The summed E-state index contributed by atoms with van der Waals surface area (Å²) in [4.78, 5) is 2.29. The molecule has 1 aliphatic carbocycles. The third kappa shape index (κ3) is 3.49. The van der Waals surface area contributed by atoms with Gasteiger partial charge in [-0.3, -0.25) is 0 Å². The van der Waals surface area contributed by atoms with E-state index in [2.05, 4.69) is 41.8 Å². The van der Waals surface area contributed by atoms with Crippen LogP contribution >= 0.6 is 15.9 Å². The van der Waals surface area contributed by atoms with Crippen LogP contribution in [0.25, 0.3) is 0 Å². The number of hydrogen-bond donors (Lipinski definition) is 1. The second-order valence-corrected chi connectivity index (χ2v) is 7.50. The Morgan fingerprint density at radius 1 is 1.38 bits per heavy atom. The van der Waals surface area contributed by atoms with Crippen molar-refractivity contribution in [3.8, 4) is 0 Å². The lowest BCUT2D eigenvalue weighted by atomic mass is 9.71. The molecule has 1 saturated carbocycles. The Balaban J connectivity index is 2.20. The van der Waals surface area contributed by atoms with E-state index in [4.69, 9.17) is 5.73 Å². The maximum atomic E-state index is 13.7. The minimum atomic E-state index is -0.212. The number of rotatable bonds is 4. The summed E-state index contributed by atoms with van der Waals surface area (Å²) in [7, 11) is 4.24. The monoisotopic (exact) mass is 356 g/mol. The van der Waals surface area contributed by atoms with Crippen LogP contribution in [-0.4, -0.2) is 30.6 Å². The van der Waals surface area contributed by atoms with Crippen LogP contribution in [0.2, 0.25) is 0 Å². The van der Waals surface area contributed by atoms with Gasteiger partial charge >= 0.3 is 0 Å². The number of nitrogens with two attached hydrogens (primary N) is 1. The minimum Gasteiger partial charge on any atom is -0.326 e. The first kappa shape index (κ1) is 16.9. The fourth-order valence-corrected chi connectivity index (χ4v) is 3.97. The molecule has 0 aliphatic heterocycles. The fourth-order valence-electron chi connectivity index (χ4n) is 3.54. The van der Waals surface area contributed by atoms with Crippen molar-refractivity contribution in [3.05, 3.63) is 34.1 Å². The highest BCUT2D eigenvalue weighted by Gasteiger charge is 2.41. The molecule has 1 aromatic rings. The van der Waals surface area contributed by atoms with Gasteiger partial charge in [-0.05, 0) is 79.7 Å². The number of nitrogens with zero attached hydrogens (tertiary/aromatic N) is 1. The maximum Gasteiger partial charge on any atom is 0.137 e. The van der Waals surface area contributed by atoms with Crippen LogP contribution < -0.4 is 5.73 Å². The van der Waals surface area contributed by atoms with Crippen LogP contribution in [0.5, 0.6) is 0 Å². The summed E-state index contributed by atoms with van der Waals surface area (Å²) in [6.07, 6.45) is 5.38. The Hall–Kier alpha value is -0.450. The maximum absolute atomic E-state index is 13.7. The molecule has 0 aromatic heterocycles. The second kappa shape index (κ2) is 6.76. The predicted octanol–water partition coefficient (Wildman–Crippen LogP) is 3.97. The average Bonchev–Trinajstić information content (AvgIpc) is 2.44. The minimum absolute atomic E-state index is 0.0121. The molecule has 1 aromatic carbocycles. The van der Waals surface area contributed by atoms with Gasteiger partial charge in [0.1, 0.15) is 5.82 Å². The molecule has 0 bridgehead atoms. The molecule has 0 heterocycles. The SMILES string of the molecule is CC1CCC(C(N)Cc2cccc(F)c2Br)(N(C)C)CC1. The molecule has 1 fully saturated rings. The lowest BCUT2D eigenvalue weighted by Crippen LogP contribution is -2.59. The van der Waals surface area contributed by atoms with Crippen molar-refractivity contribution in [1.29, 1.82) is 0 Å². The molecule has 0 saturated heterocycles. The predicted molar refractivity (Wildman–Crippen MR) is 89.8 cm³/mol. The van der Waals surface area contributed by atoms with E-state index in [1.807, 2.05) is 6.07 Å². The number of halogens is 2. The van der Waals surface area contributed by atoms with E-state index in [9.17, 15) is 4.39 Å². The molecule has 1 atom stereocenters. The molecule has 2 rings (SSSR count). The highest BCUT2D eigenvalue weighted by Crippen LogP contribution is 2.38. The third-order valence-corrected chi connectivity index (χ3v) is 6.08. The Bertz CT molecular complexity index is 482. The Kier molecular flexibility index (Phi) is 5.44. The van der Waals surface area contributed by atoms with E-state index in [1.165, 1.54) is 18.9 Å². The first-order valence-electron chi connectivity index (χ1n) is 7.72. The van der Waals surface area contributed by atoms with Crippen LogP contribution in [0.15, 0.2) is 22.7 Å². The van der Waals surface area contributed by atoms with Gasteiger partial charge in [-0.15, -0.1) is 0 Å². The van der Waals surface area contributed by atoms with Gasteiger partial charge in [0.15, 0.2) is 0 Å². The van der Waals surface area contributed by atoms with Crippen LogP contribution in [-0.2, 0) is 6.42 Å². The normalized spacial score (nSPS) is 27.9. The number of hydrogen-bond acceptors (Lipinski definition) is 2. The molecule has 2 N–H and O–H groups in total. The highest BCUT2D eigenvalue weighted by atomic mass is 79.9. The Morgan fingerprint density at radius 2 is 2.00 bits per heavy atom. The van der Waals surface area contributed by atoms with Crippen LogP contribution in [0, 0.1) is 11.7 Å². The van der Waals surface area contributed by atoms with Gasteiger partial charge in [-0.1, -0.05) is 19.1 Å². The van der Waals surface area contributed by atoms with Gasteiger partial charge in [0.05, 0.1) is 4.47 Å². The van der Waals surface area contributed by atoms with Gasteiger partial charge in [-0.2, -0.15) is 0 Å². The zero-order valence-corrected chi connectivity index (χ0v) is 14.8. The van der Waals surface area contributed by atoms with Crippen molar-refractivity contribution in [2.75, 3.05) is 14.1 Å². The molecule has 1 unspecified atom stereocenters. The van der Waals surface area contributed by atoms with Crippen LogP contribution in [0.4, 0.5) is 4.39 Å². The van der Waals surface area contributed by atoms with Gasteiger partial charge < -0.3 is 10.6 Å². The summed E-state index contributed by atoms with van der Waals surface area (Å²) in [5.74, 6) is 0.571. The van der Waals surface area contributed by atoms with Crippen LogP contribution in [0.3, 0.4) is 0 Å². The fraction of sp³-hybridized carbons (Fsp3) is 0.647. The van der Waals surface area contributed by atoms with Crippen molar-refractivity contribution >= 4 is 15.9 Å². The molecule has 0 radical (unpaired) electrons. The first-order chi connectivity index (χ1) is 9.86. The number of likely N-dealkylation sites (N-methyl/N-ethyl adjacent to an activating group) is 1. The van der Waals surface area contributed by atoms with Crippen molar-refractivity contribution < 1.29 is 4.39 Å². The lowest BCUT2D eigenvalue weighted by Gasteiger charge is -2.48. The molecular weight excluding hydrogens is 331 g/mol. The van der Waals surface area contributed by atoms with E-state index in [0.717, 1.165) is 24.3 Å². The van der Waals surface area contributed by atoms with Gasteiger partial charge in [-0.25, -0.2) is 4.39 Å². The molecule has 4 heteroatoms. The first-order valence-corrected chi connectivity index (χ1v) is 8.52. The Labute approximate surface area is 136 Å². The Morgan fingerprint density at radius 3 is 2.57 bits per heavy atom. The quantitative estimate of drug-likeness (QED) is 0.884.